The molecular formula is C52H98N2O6P+. The monoisotopic (exact) mass is 878 g/mol. The Balaban J connectivity index is 4.25. The summed E-state index contributed by atoms with van der Waals surface area (Å²) in [5.74, 6) is -0.181. The van der Waals surface area contributed by atoms with Gasteiger partial charge in [-0.2, -0.15) is 0 Å². The number of carbonyl (C=O) groups is 1. The topological polar surface area (TPSA) is 105 Å². The van der Waals surface area contributed by atoms with Gasteiger partial charge in [-0.1, -0.05) is 209 Å². The fourth-order valence-corrected chi connectivity index (χ4v) is 7.77. The number of phosphoric acid groups is 1. The van der Waals surface area contributed by atoms with Gasteiger partial charge in [0.15, 0.2) is 0 Å². The first-order valence-corrected chi connectivity index (χ1v) is 26.7. The normalized spacial score (nSPS) is 14.7. The largest absolute Gasteiger partial charge is 0.472 e. The van der Waals surface area contributed by atoms with Crippen molar-refractivity contribution in [3.63, 3.8) is 0 Å². The van der Waals surface area contributed by atoms with Gasteiger partial charge in [0, 0.05) is 6.42 Å². The van der Waals surface area contributed by atoms with Crippen LogP contribution in [-0.2, 0) is 18.4 Å². The maximum Gasteiger partial charge on any atom is 0.472 e. The van der Waals surface area contributed by atoms with Crippen molar-refractivity contribution >= 4 is 13.7 Å². The van der Waals surface area contributed by atoms with Gasteiger partial charge < -0.3 is 19.8 Å². The van der Waals surface area contributed by atoms with E-state index < -0.39 is 20.0 Å². The van der Waals surface area contributed by atoms with Crippen LogP contribution in [0.1, 0.15) is 213 Å². The van der Waals surface area contributed by atoms with Gasteiger partial charge in [-0.3, -0.25) is 13.8 Å². The lowest BCUT2D eigenvalue weighted by molar-refractivity contribution is -0.870. The van der Waals surface area contributed by atoms with Crippen LogP contribution in [0, 0.1) is 0 Å². The van der Waals surface area contributed by atoms with Crippen LogP contribution in [-0.4, -0.2) is 73.4 Å². The summed E-state index contributed by atoms with van der Waals surface area (Å²) in [6, 6.07) is -0.848. The van der Waals surface area contributed by atoms with E-state index in [0.717, 1.165) is 64.2 Å². The van der Waals surface area contributed by atoms with Gasteiger partial charge in [-0.25, -0.2) is 4.57 Å². The number of hydrogen-bond donors (Lipinski definition) is 3. The summed E-state index contributed by atoms with van der Waals surface area (Å²) in [4.78, 5) is 23.2. The van der Waals surface area contributed by atoms with E-state index in [4.69, 9.17) is 9.05 Å². The maximum absolute atomic E-state index is 12.9. The smallest absolute Gasteiger partial charge is 0.387 e. The van der Waals surface area contributed by atoms with Crippen molar-refractivity contribution in [2.24, 2.45) is 0 Å². The molecule has 0 radical (unpaired) electrons. The Bertz CT molecular complexity index is 1180. The minimum absolute atomic E-state index is 0.0595. The van der Waals surface area contributed by atoms with Gasteiger partial charge >= 0.3 is 7.82 Å². The van der Waals surface area contributed by atoms with E-state index in [1.807, 2.05) is 27.2 Å². The lowest BCUT2D eigenvalue weighted by atomic mass is 10.0. The highest BCUT2D eigenvalue weighted by atomic mass is 31.2. The highest BCUT2D eigenvalue weighted by molar-refractivity contribution is 7.47. The fraction of sp³-hybridized carbons (Fsp3) is 0.788. The lowest BCUT2D eigenvalue weighted by Crippen LogP contribution is -2.45. The molecule has 0 aromatic heterocycles. The van der Waals surface area contributed by atoms with Gasteiger partial charge in [0.2, 0.25) is 5.91 Å². The standard InChI is InChI=1S/C52H97N2O6P/c1-6-8-10-12-14-16-18-20-22-23-24-25-26-27-28-29-30-31-32-34-36-38-40-42-44-46-52(56)53-50(49-60-61(57,58)59-48-47-54(3,4)5)51(55)45-43-41-39-37-35-33-21-19-17-15-13-11-9-7-2/h8,10,14,16,20,22,24-25,43,45,50-51,55H,6-7,9,11-13,15,17-19,21,23,26-42,44,46-49H2,1-5H3,(H-,53,56,57,58)/p+1/b10-8-,16-14-,22-20-,25-24-,45-43+. The molecule has 0 aromatic rings. The molecule has 0 aromatic carbocycles. The molecule has 0 rings (SSSR count). The molecule has 3 unspecified atom stereocenters. The molecule has 9 heteroatoms. The molecular weight excluding hydrogens is 780 g/mol. The summed E-state index contributed by atoms with van der Waals surface area (Å²) in [7, 11) is 1.57. The van der Waals surface area contributed by atoms with Crippen LogP contribution in [0.3, 0.4) is 0 Å². The van der Waals surface area contributed by atoms with Crippen molar-refractivity contribution in [2.45, 2.75) is 225 Å². The Morgan fingerprint density at radius 3 is 1.44 bits per heavy atom. The van der Waals surface area contributed by atoms with E-state index in [1.165, 1.54) is 128 Å². The predicted octanol–water partition coefficient (Wildman–Crippen LogP) is 14.6. The minimum Gasteiger partial charge on any atom is -0.387 e. The van der Waals surface area contributed by atoms with Gasteiger partial charge in [0.1, 0.15) is 13.2 Å². The third kappa shape index (κ3) is 46.0. The number of nitrogens with zero attached hydrogens (tertiary/aromatic N) is 1. The van der Waals surface area contributed by atoms with Crippen LogP contribution in [0.25, 0.3) is 0 Å². The molecule has 3 atom stereocenters. The summed E-state index contributed by atoms with van der Waals surface area (Å²) in [6.45, 7) is 4.70. The molecule has 0 aliphatic rings. The minimum atomic E-state index is -4.34. The fourth-order valence-electron chi connectivity index (χ4n) is 7.03. The number of nitrogens with one attached hydrogen (secondary N) is 1. The summed E-state index contributed by atoms with van der Waals surface area (Å²) < 4.78 is 23.6. The summed E-state index contributed by atoms with van der Waals surface area (Å²) in [6.07, 6.45) is 57.2. The number of aliphatic hydroxyl groups is 1. The van der Waals surface area contributed by atoms with Crippen molar-refractivity contribution in [3.8, 4) is 0 Å². The SMILES string of the molecule is CC/C=C\C/C=C\C/C=C\C/C=C\CCCCCCCCCCCCCCC(=O)NC(COP(=O)(O)OCC[N+](C)(C)C)C(O)/C=C/CCCCCCCCCCCCCC. The molecule has 8 nitrogen and oxygen atoms in total. The van der Waals surface area contributed by atoms with Crippen molar-refractivity contribution in [2.75, 3.05) is 40.9 Å². The Morgan fingerprint density at radius 1 is 0.574 bits per heavy atom. The van der Waals surface area contributed by atoms with E-state index in [-0.39, 0.29) is 19.1 Å². The summed E-state index contributed by atoms with van der Waals surface area (Å²) >= 11 is 0. The van der Waals surface area contributed by atoms with E-state index in [9.17, 15) is 19.4 Å². The zero-order chi connectivity index (χ0) is 45.0. The number of likely N-dealkylation sites (N-methyl/N-ethyl adjacent to an activating group) is 1. The van der Waals surface area contributed by atoms with Gasteiger partial charge in [0.25, 0.3) is 0 Å². The van der Waals surface area contributed by atoms with Gasteiger partial charge in [0.05, 0.1) is 39.9 Å². The van der Waals surface area contributed by atoms with Gasteiger partial charge in [-0.05, 0) is 57.8 Å². The van der Waals surface area contributed by atoms with E-state index in [0.29, 0.717) is 17.4 Å². The molecule has 0 fully saturated rings. The third-order valence-corrected chi connectivity index (χ3v) is 12.0. The van der Waals surface area contributed by atoms with E-state index in [2.05, 4.69) is 67.8 Å². The maximum atomic E-state index is 12.9. The average molecular weight is 878 g/mol. The number of quaternary nitrogens is 1. The van der Waals surface area contributed by atoms with Crippen molar-refractivity contribution in [3.05, 3.63) is 60.8 Å². The number of hydrogen-bond acceptors (Lipinski definition) is 5. The van der Waals surface area contributed by atoms with E-state index in [1.54, 1.807) is 6.08 Å². The molecule has 356 valence electrons. The molecule has 3 N–H and O–H groups in total. The van der Waals surface area contributed by atoms with E-state index >= 15 is 0 Å². The number of unbranched alkanes of at least 4 members (excludes halogenated alkanes) is 24. The number of carbonyl (C=O) groups excluding carboxylic acids is 1. The molecule has 61 heavy (non-hydrogen) atoms. The second-order valence-corrected chi connectivity index (χ2v) is 19.6. The number of aliphatic hydroxyl groups excluding tert-OH is 1. The van der Waals surface area contributed by atoms with Gasteiger partial charge in [-0.15, -0.1) is 0 Å². The lowest BCUT2D eigenvalue weighted by Gasteiger charge is -2.25. The predicted molar refractivity (Wildman–Crippen MR) is 263 cm³/mol. The third-order valence-electron chi connectivity index (χ3n) is 11.0. The number of rotatable bonds is 45. The Hall–Kier alpha value is -1.80. The molecule has 0 heterocycles. The number of amides is 1. The second-order valence-electron chi connectivity index (χ2n) is 18.2. The second kappa shape index (κ2) is 43.5. The highest BCUT2D eigenvalue weighted by Crippen LogP contribution is 2.43. The average Bonchev–Trinajstić information content (AvgIpc) is 3.21. The van der Waals surface area contributed by atoms with Crippen LogP contribution in [0.5, 0.6) is 0 Å². The zero-order valence-corrected chi connectivity index (χ0v) is 41.3. The Morgan fingerprint density at radius 2 is 0.984 bits per heavy atom. The molecule has 0 spiro atoms. The van der Waals surface area contributed by atoms with Crippen molar-refractivity contribution in [1.82, 2.24) is 5.32 Å². The molecule has 1 amide bonds. The molecule has 0 aliphatic heterocycles. The number of phosphoric ester groups is 1. The van der Waals surface area contributed by atoms with Crippen LogP contribution in [0.4, 0.5) is 0 Å². The first-order valence-electron chi connectivity index (χ1n) is 25.2. The quantitative estimate of drug-likeness (QED) is 0.0244. The highest BCUT2D eigenvalue weighted by Gasteiger charge is 2.27. The van der Waals surface area contributed by atoms with Crippen LogP contribution in [0.2, 0.25) is 0 Å². The van der Waals surface area contributed by atoms with Crippen LogP contribution < -0.4 is 5.32 Å². The Labute approximate surface area is 377 Å². The zero-order valence-electron chi connectivity index (χ0n) is 40.4. The van der Waals surface area contributed by atoms with Crippen LogP contribution >= 0.6 is 7.82 Å². The Kier molecular flexibility index (Phi) is 42.2. The van der Waals surface area contributed by atoms with Crippen molar-refractivity contribution < 1.29 is 32.9 Å². The molecule has 0 saturated heterocycles. The molecule has 0 bridgehead atoms. The first-order chi connectivity index (χ1) is 29.5. The van der Waals surface area contributed by atoms with Crippen molar-refractivity contribution in [1.29, 1.82) is 0 Å². The molecule has 0 saturated carbocycles. The molecule has 0 aliphatic carbocycles. The number of allylic oxidation sites excluding steroid dienone is 9. The first kappa shape index (κ1) is 59.2. The summed E-state index contributed by atoms with van der Waals surface area (Å²) in [5.41, 5.74) is 0. The van der Waals surface area contributed by atoms with Crippen LogP contribution in [0.15, 0.2) is 60.8 Å². The summed E-state index contributed by atoms with van der Waals surface area (Å²) in [5, 5.41) is 13.9.